The summed E-state index contributed by atoms with van der Waals surface area (Å²) in [5, 5.41) is 0. The highest BCUT2D eigenvalue weighted by Crippen LogP contribution is 2.16. The number of hydrogen-bond acceptors (Lipinski definition) is 8. The van der Waals surface area contributed by atoms with Crippen LogP contribution in [-0.2, 0) is 11.2 Å². The molecule has 1 fully saturated rings. The van der Waals surface area contributed by atoms with Crippen LogP contribution in [0.2, 0.25) is 0 Å². The van der Waals surface area contributed by atoms with Gasteiger partial charge in [0.25, 0.3) is 0 Å². The van der Waals surface area contributed by atoms with Crippen LogP contribution in [0.1, 0.15) is 5.56 Å². The second kappa shape index (κ2) is 7.70. The van der Waals surface area contributed by atoms with Crippen molar-refractivity contribution >= 4 is 11.9 Å². The monoisotopic (exact) mass is 316 g/mol. The van der Waals surface area contributed by atoms with Gasteiger partial charge in [0.15, 0.2) is 0 Å². The van der Waals surface area contributed by atoms with Crippen molar-refractivity contribution in [1.82, 2.24) is 15.0 Å². The molecule has 0 saturated carbocycles. The average molecular weight is 316 g/mol. The number of benzene rings is 1. The smallest absolute Gasteiger partial charge is 0.323 e. The van der Waals surface area contributed by atoms with Gasteiger partial charge in [-0.2, -0.15) is 15.0 Å². The lowest BCUT2D eigenvalue weighted by Gasteiger charge is -2.26. The molecule has 1 aliphatic heterocycles. The molecular formula is C15H20N6O2. The molecule has 1 aromatic carbocycles. The third-order valence-electron chi connectivity index (χ3n) is 3.49. The predicted octanol–water partition coefficient (Wildman–Crippen LogP) is 0.615. The van der Waals surface area contributed by atoms with Gasteiger partial charge in [0.2, 0.25) is 11.9 Å². The Kier molecular flexibility index (Phi) is 5.17. The lowest BCUT2D eigenvalue weighted by Crippen LogP contribution is -2.37. The van der Waals surface area contributed by atoms with Gasteiger partial charge < -0.3 is 14.4 Å². The first-order chi connectivity index (χ1) is 11.3. The summed E-state index contributed by atoms with van der Waals surface area (Å²) in [6, 6.07) is 10.4. The van der Waals surface area contributed by atoms with Crippen LogP contribution in [0.15, 0.2) is 30.3 Å². The maximum Gasteiger partial charge on any atom is 0.323 e. The van der Waals surface area contributed by atoms with Crippen LogP contribution in [0.25, 0.3) is 0 Å². The fraction of sp³-hybridized carbons (Fsp3) is 0.400. The number of aromatic nitrogens is 3. The van der Waals surface area contributed by atoms with Crippen molar-refractivity contribution in [2.45, 2.75) is 6.42 Å². The number of hydrazine groups is 1. The van der Waals surface area contributed by atoms with Gasteiger partial charge in [-0.25, -0.2) is 5.84 Å². The van der Waals surface area contributed by atoms with Gasteiger partial charge in [0.05, 0.1) is 19.8 Å². The lowest BCUT2D eigenvalue weighted by molar-refractivity contribution is 0.122. The Bertz CT molecular complexity index is 619. The Labute approximate surface area is 134 Å². The Morgan fingerprint density at radius 3 is 2.65 bits per heavy atom. The van der Waals surface area contributed by atoms with E-state index in [1.54, 1.807) is 0 Å². The fourth-order valence-electron chi connectivity index (χ4n) is 2.28. The second-order valence-electron chi connectivity index (χ2n) is 5.07. The van der Waals surface area contributed by atoms with Gasteiger partial charge in [-0.1, -0.05) is 30.3 Å². The molecule has 0 amide bonds. The quantitative estimate of drug-likeness (QED) is 0.591. The van der Waals surface area contributed by atoms with E-state index in [-0.39, 0.29) is 12.0 Å². The van der Waals surface area contributed by atoms with E-state index in [0.717, 1.165) is 19.5 Å². The van der Waals surface area contributed by atoms with E-state index in [1.807, 2.05) is 23.1 Å². The Hall–Kier alpha value is -2.45. The highest BCUT2D eigenvalue weighted by Gasteiger charge is 2.16. The van der Waals surface area contributed by atoms with E-state index in [2.05, 4.69) is 32.5 Å². The summed E-state index contributed by atoms with van der Waals surface area (Å²) in [5.74, 6) is 6.27. The van der Waals surface area contributed by atoms with Gasteiger partial charge in [-0.15, -0.1) is 0 Å². The van der Waals surface area contributed by atoms with E-state index < -0.39 is 0 Å². The molecule has 0 bridgehead atoms. The number of nitrogens with two attached hydrogens (primary N) is 1. The van der Waals surface area contributed by atoms with E-state index in [1.165, 1.54) is 5.56 Å². The highest BCUT2D eigenvalue weighted by atomic mass is 16.5. The number of nitrogen functional groups attached to an aromatic ring is 1. The van der Waals surface area contributed by atoms with Gasteiger partial charge in [-0.3, -0.25) is 5.43 Å². The van der Waals surface area contributed by atoms with Crippen molar-refractivity contribution in [1.29, 1.82) is 0 Å². The van der Waals surface area contributed by atoms with Gasteiger partial charge in [0.1, 0.15) is 0 Å². The molecule has 8 nitrogen and oxygen atoms in total. The molecule has 3 rings (SSSR count). The van der Waals surface area contributed by atoms with E-state index >= 15 is 0 Å². The summed E-state index contributed by atoms with van der Waals surface area (Å²) in [4.78, 5) is 14.8. The number of ether oxygens (including phenoxy) is 2. The van der Waals surface area contributed by atoms with E-state index in [4.69, 9.17) is 15.3 Å². The van der Waals surface area contributed by atoms with Crippen molar-refractivity contribution in [3.05, 3.63) is 35.9 Å². The Morgan fingerprint density at radius 2 is 1.91 bits per heavy atom. The van der Waals surface area contributed by atoms with Crippen LogP contribution < -0.4 is 20.9 Å². The zero-order valence-corrected chi connectivity index (χ0v) is 12.8. The van der Waals surface area contributed by atoms with Crippen LogP contribution in [-0.4, -0.2) is 47.9 Å². The molecule has 122 valence electrons. The van der Waals surface area contributed by atoms with Crippen molar-refractivity contribution in [2.24, 2.45) is 5.84 Å². The summed E-state index contributed by atoms with van der Waals surface area (Å²) in [6.07, 6.45) is 0.783. The Morgan fingerprint density at radius 1 is 1.13 bits per heavy atom. The molecule has 2 heterocycles. The summed E-state index contributed by atoms with van der Waals surface area (Å²) in [6.45, 7) is 3.26. The van der Waals surface area contributed by atoms with Gasteiger partial charge >= 0.3 is 6.01 Å². The number of anilines is 2. The summed E-state index contributed by atoms with van der Waals surface area (Å²) < 4.78 is 11.0. The van der Waals surface area contributed by atoms with Crippen molar-refractivity contribution in [3.8, 4) is 6.01 Å². The number of nitrogens with one attached hydrogen (secondary N) is 1. The molecule has 2 aromatic rings. The summed E-state index contributed by atoms with van der Waals surface area (Å²) in [5.41, 5.74) is 3.66. The zero-order chi connectivity index (χ0) is 15.9. The van der Waals surface area contributed by atoms with Crippen molar-refractivity contribution < 1.29 is 9.47 Å². The third kappa shape index (κ3) is 4.27. The van der Waals surface area contributed by atoms with Crippen LogP contribution in [0, 0.1) is 0 Å². The molecule has 1 saturated heterocycles. The lowest BCUT2D eigenvalue weighted by atomic mass is 10.2. The first kappa shape index (κ1) is 15.4. The summed E-state index contributed by atoms with van der Waals surface area (Å²) in [7, 11) is 0. The largest absolute Gasteiger partial charge is 0.463 e. The topological polar surface area (TPSA) is 98.4 Å². The van der Waals surface area contributed by atoms with Crippen molar-refractivity contribution in [2.75, 3.05) is 43.2 Å². The molecule has 0 atom stereocenters. The maximum atomic E-state index is 5.67. The predicted molar refractivity (Wildman–Crippen MR) is 86.3 cm³/mol. The van der Waals surface area contributed by atoms with E-state index in [9.17, 15) is 0 Å². The van der Waals surface area contributed by atoms with Crippen LogP contribution >= 0.6 is 0 Å². The summed E-state index contributed by atoms with van der Waals surface area (Å²) >= 11 is 0. The SMILES string of the molecule is NNc1nc(OCCc2ccccc2)nc(N2CCOCC2)n1. The van der Waals surface area contributed by atoms with Crippen LogP contribution in [0.4, 0.5) is 11.9 Å². The number of morpholine rings is 1. The second-order valence-corrected chi connectivity index (χ2v) is 5.07. The standard InChI is InChI=1S/C15H20N6O2/c16-20-13-17-14(21-7-10-22-11-8-21)19-15(18-13)23-9-6-12-4-2-1-3-5-12/h1-5H,6-11,16H2,(H,17,18,19,20). The fourth-order valence-corrected chi connectivity index (χ4v) is 2.28. The molecule has 23 heavy (non-hydrogen) atoms. The molecule has 1 aliphatic rings. The number of rotatable bonds is 6. The first-order valence-electron chi connectivity index (χ1n) is 7.57. The van der Waals surface area contributed by atoms with E-state index in [0.29, 0.717) is 25.8 Å². The highest BCUT2D eigenvalue weighted by molar-refractivity contribution is 5.38. The van der Waals surface area contributed by atoms with Gasteiger partial charge in [-0.05, 0) is 5.56 Å². The Balaban J connectivity index is 1.65. The van der Waals surface area contributed by atoms with Crippen LogP contribution in [0.5, 0.6) is 6.01 Å². The molecular weight excluding hydrogens is 296 g/mol. The normalized spacial score (nSPS) is 14.6. The van der Waals surface area contributed by atoms with Crippen molar-refractivity contribution in [3.63, 3.8) is 0 Å². The third-order valence-corrected chi connectivity index (χ3v) is 3.49. The van der Waals surface area contributed by atoms with Crippen LogP contribution in [0.3, 0.4) is 0 Å². The molecule has 8 heteroatoms. The first-order valence-corrected chi connectivity index (χ1v) is 7.57. The zero-order valence-electron chi connectivity index (χ0n) is 12.8. The average Bonchev–Trinajstić information content (AvgIpc) is 2.63. The maximum absolute atomic E-state index is 5.67. The minimum Gasteiger partial charge on any atom is -0.463 e. The molecule has 1 aromatic heterocycles. The van der Waals surface area contributed by atoms with Gasteiger partial charge in [0, 0.05) is 19.5 Å². The molecule has 0 unspecified atom stereocenters. The molecule has 0 aliphatic carbocycles. The number of hydrogen-bond donors (Lipinski definition) is 2. The minimum absolute atomic E-state index is 0.269. The minimum atomic E-state index is 0.269. The number of nitrogens with zero attached hydrogens (tertiary/aromatic N) is 4. The molecule has 3 N–H and O–H groups in total. The molecule has 0 spiro atoms. The molecule has 0 radical (unpaired) electrons.